The van der Waals surface area contributed by atoms with Crippen LogP contribution in [0.3, 0.4) is 0 Å². The molecule has 0 spiro atoms. The Balaban J connectivity index is 1.05. The standard InChI is InChI=1S/C43H53N5O7S/c1-27(2)56(52,53)44-38(49)29-9-11-32-35(19-29)48-26-43(21-34(43)33-20-30(54-3)10-12-31(33)37(48)36(32)28-7-5-4-6-8-28)39(50)46-22-41-13-14-42(41,23-46)25-47(24-41)40(51)45-15-17-55-18-16-45/h9-12,19-20,27-28,34H,4-8,13-18,21-26H2,1-3H3,(H,44,49)/t34-,41?,42?,43-/m0/s1. The molecule has 2 unspecified atom stereocenters. The molecule has 3 saturated heterocycles. The lowest BCUT2D eigenvalue weighted by molar-refractivity contribution is -0.137. The second kappa shape index (κ2) is 12.7. The molecule has 6 fully saturated rings. The fraction of sp³-hybridized carbons (Fsp3) is 0.605. The summed E-state index contributed by atoms with van der Waals surface area (Å²) in [5.41, 5.74) is 4.95. The van der Waals surface area contributed by atoms with Crippen LogP contribution in [0, 0.1) is 16.2 Å². The number of carbonyl (C=O) groups is 3. The lowest BCUT2D eigenvalue weighted by Gasteiger charge is -2.48. The summed E-state index contributed by atoms with van der Waals surface area (Å²) >= 11 is 0. The van der Waals surface area contributed by atoms with Gasteiger partial charge in [-0.15, -0.1) is 0 Å². The van der Waals surface area contributed by atoms with Gasteiger partial charge >= 0.3 is 6.03 Å². The quantitative estimate of drug-likeness (QED) is 0.340. The largest absolute Gasteiger partial charge is 0.497 e. The highest BCUT2D eigenvalue weighted by atomic mass is 32.2. The number of hydrogen-bond donors (Lipinski definition) is 1. The van der Waals surface area contributed by atoms with Crippen molar-refractivity contribution < 1.29 is 32.3 Å². The molecule has 4 amide bonds. The summed E-state index contributed by atoms with van der Waals surface area (Å²) in [6.45, 7) is 8.69. The van der Waals surface area contributed by atoms with Crippen LogP contribution in [-0.4, -0.2) is 110 Å². The minimum Gasteiger partial charge on any atom is -0.497 e. The number of fused-ring (bicyclic) bond motifs is 7. The molecular weight excluding hydrogens is 731 g/mol. The van der Waals surface area contributed by atoms with Gasteiger partial charge in [-0.3, -0.25) is 9.59 Å². The number of rotatable bonds is 6. The summed E-state index contributed by atoms with van der Waals surface area (Å²) in [5, 5.41) is 0.312. The van der Waals surface area contributed by atoms with Gasteiger partial charge in [-0.1, -0.05) is 25.3 Å². The molecule has 7 aliphatic rings. The Hall–Kier alpha value is -4.10. The van der Waals surface area contributed by atoms with Gasteiger partial charge in [0.1, 0.15) is 5.75 Å². The highest BCUT2D eigenvalue weighted by Crippen LogP contribution is 2.70. The highest BCUT2D eigenvalue weighted by Gasteiger charge is 2.72. The molecule has 1 N–H and O–H groups in total. The van der Waals surface area contributed by atoms with Crippen molar-refractivity contribution in [3.63, 3.8) is 0 Å². The monoisotopic (exact) mass is 783 g/mol. The maximum Gasteiger partial charge on any atom is 0.320 e. The SMILES string of the molecule is COc1ccc2c(c1)[C@@H]1C[C@]1(C(=O)N1CC34CCC3(CN(C(=O)N3CCOCC3)C4)C1)Cn1c-2c(C2CCCCC2)c2ccc(C(=O)NS(=O)(=O)C(C)C)cc21. The number of carbonyl (C=O) groups excluding carboxylic acids is 3. The Kier molecular flexibility index (Phi) is 8.22. The van der Waals surface area contributed by atoms with E-state index in [1.807, 2.05) is 23.1 Å². The van der Waals surface area contributed by atoms with E-state index in [1.54, 1.807) is 27.0 Å². The number of nitrogens with one attached hydrogen (secondary N) is 1. The van der Waals surface area contributed by atoms with Crippen molar-refractivity contribution in [1.82, 2.24) is 24.0 Å². The third-order valence-electron chi connectivity index (χ3n) is 15.1. The van der Waals surface area contributed by atoms with Gasteiger partial charge in [-0.05, 0) is 93.3 Å². The predicted molar refractivity (Wildman–Crippen MR) is 211 cm³/mol. The molecule has 0 bridgehead atoms. The number of hydrogen-bond acceptors (Lipinski definition) is 7. The number of methoxy groups -OCH3 is 1. The molecule has 56 heavy (non-hydrogen) atoms. The maximum atomic E-state index is 15.4. The molecule has 1 aromatic heterocycles. The van der Waals surface area contributed by atoms with Crippen LogP contribution in [0.2, 0.25) is 0 Å². The second-order valence-electron chi connectivity index (χ2n) is 18.3. The van der Waals surface area contributed by atoms with E-state index in [0.717, 1.165) is 78.4 Å². The van der Waals surface area contributed by atoms with Crippen LogP contribution in [0.1, 0.15) is 98.5 Å². The minimum atomic E-state index is -3.84. The molecule has 298 valence electrons. The number of sulfonamides is 1. The van der Waals surface area contributed by atoms with Gasteiger partial charge < -0.3 is 28.7 Å². The Labute approximate surface area is 328 Å². The third-order valence-corrected chi connectivity index (χ3v) is 16.8. The summed E-state index contributed by atoms with van der Waals surface area (Å²) in [4.78, 5) is 48.7. The van der Waals surface area contributed by atoms with Crippen molar-refractivity contribution in [3.8, 4) is 17.0 Å². The molecule has 4 aliphatic heterocycles. The van der Waals surface area contributed by atoms with E-state index in [2.05, 4.69) is 31.2 Å². The first kappa shape index (κ1) is 36.3. The average molecular weight is 784 g/mol. The van der Waals surface area contributed by atoms with Gasteiger partial charge in [0, 0.05) is 84.6 Å². The molecular formula is C43H53N5O7S. The van der Waals surface area contributed by atoms with Crippen molar-refractivity contribution in [2.24, 2.45) is 16.2 Å². The molecule has 13 heteroatoms. The van der Waals surface area contributed by atoms with Gasteiger partial charge in [0.2, 0.25) is 15.9 Å². The first-order valence-electron chi connectivity index (χ1n) is 20.7. The minimum absolute atomic E-state index is 0.00409. The molecule has 3 aromatic rings. The van der Waals surface area contributed by atoms with E-state index >= 15 is 4.79 Å². The molecule has 0 radical (unpaired) electrons. The summed E-state index contributed by atoms with van der Waals surface area (Å²) in [6.07, 6.45) is 8.42. The molecule has 3 aliphatic carbocycles. The van der Waals surface area contributed by atoms with E-state index in [1.165, 1.54) is 12.0 Å². The number of urea groups is 1. The van der Waals surface area contributed by atoms with Gasteiger partial charge in [0.15, 0.2) is 0 Å². The topological polar surface area (TPSA) is 130 Å². The zero-order chi connectivity index (χ0) is 38.8. The normalized spacial score (nSPS) is 29.5. The lowest BCUT2D eigenvalue weighted by atomic mass is 9.53. The van der Waals surface area contributed by atoms with Crippen LogP contribution in [0.25, 0.3) is 22.2 Å². The lowest BCUT2D eigenvalue weighted by Crippen LogP contribution is -2.49. The number of likely N-dealkylation sites (tertiary alicyclic amines) is 2. The molecule has 2 aromatic carbocycles. The fourth-order valence-electron chi connectivity index (χ4n) is 11.8. The number of benzene rings is 2. The zero-order valence-electron chi connectivity index (χ0n) is 32.8. The van der Waals surface area contributed by atoms with Crippen molar-refractivity contribution in [2.75, 3.05) is 59.6 Å². The van der Waals surface area contributed by atoms with Crippen molar-refractivity contribution in [3.05, 3.63) is 53.1 Å². The highest BCUT2D eigenvalue weighted by molar-refractivity contribution is 7.90. The summed E-state index contributed by atoms with van der Waals surface area (Å²) < 4.78 is 41.5. The third kappa shape index (κ3) is 5.24. The number of ether oxygens (including phenoxy) is 2. The molecule has 4 atom stereocenters. The van der Waals surface area contributed by atoms with Crippen LogP contribution in [0.4, 0.5) is 4.79 Å². The van der Waals surface area contributed by atoms with Crippen LogP contribution in [0.5, 0.6) is 5.75 Å². The number of morpholine rings is 1. The first-order valence-corrected chi connectivity index (χ1v) is 22.3. The molecule has 5 heterocycles. The maximum absolute atomic E-state index is 15.4. The Morgan fingerprint density at radius 1 is 0.875 bits per heavy atom. The fourth-order valence-corrected chi connectivity index (χ4v) is 12.4. The van der Waals surface area contributed by atoms with Gasteiger partial charge in [0.25, 0.3) is 5.91 Å². The number of amides is 4. The molecule has 12 nitrogen and oxygen atoms in total. The van der Waals surface area contributed by atoms with E-state index in [-0.39, 0.29) is 34.2 Å². The first-order chi connectivity index (χ1) is 26.9. The van der Waals surface area contributed by atoms with Crippen LogP contribution >= 0.6 is 0 Å². The van der Waals surface area contributed by atoms with Crippen molar-refractivity contribution >= 4 is 38.8 Å². The van der Waals surface area contributed by atoms with Gasteiger partial charge in [0.05, 0.1) is 36.7 Å². The summed E-state index contributed by atoms with van der Waals surface area (Å²) in [6, 6.07) is 12.0. The van der Waals surface area contributed by atoms with Gasteiger partial charge in [-0.2, -0.15) is 0 Å². The van der Waals surface area contributed by atoms with Crippen molar-refractivity contribution in [2.45, 2.75) is 88.8 Å². The number of nitrogens with zero attached hydrogens (tertiary/aromatic N) is 4. The number of aromatic nitrogens is 1. The summed E-state index contributed by atoms with van der Waals surface area (Å²) in [7, 11) is -2.15. The Bertz CT molecular complexity index is 2250. The van der Waals surface area contributed by atoms with Gasteiger partial charge in [-0.25, -0.2) is 17.9 Å². The Morgan fingerprint density at radius 2 is 1.57 bits per heavy atom. The summed E-state index contributed by atoms with van der Waals surface area (Å²) in [5.74, 6) is 0.632. The predicted octanol–water partition coefficient (Wildman–Crippen LogP) is 5.70. The van der Waals surface area contributed by atoms with Crippen molar-refractivity contribution in [1.29, 1.82) is 0 Å². The van der Waals surface area contributed by atoms with Crippen LogP contribution in [0.15, 0.2) is 36.4 Å². The van der Waals surface area contributed by atoms with E-state index in [9.17, 15) is 18.0 Å². The average Bonchev–Trinajstić information content (AvgIpc) is 3.74. The smallest absolute Gasteiger partial charge is 0.320 e. The van der Waals surface area contributed by atoms with E-state index in [0.29, 0.717) is 64.9 Å². The van der Waals surface area contributed by atoms with E-state index < -0.39 is 26.6 Å². The van der Waals surface area contributed by atoms with E-state index in [4.69, 9.17) is 9.47 Å². The zero-order valence-corrected chi connectivity index (χ0v) is 33.6. The molecule has 3 saturated carbocycles. The van der Waals surface area contributed by atoms with Crippen LogP contribution < -0.4 is 9.46 Å². The molecule has 10 rings (SSSR count). The second-order valence-corrected chi connectivity index (χ2v) is 20.5. The van der Waals surface area contributed by atoms with Crippen LogP contribution in [-0.2, 0) is 26.1 Å². The Morgan fingerprint density at radius 3 is 2.23 bits per heavy atom.